The number of halogens is 1. The van der Waals surface area contributed by atoms with E-state index in [0.717, 1.165) is 4.47 Å². The van der Waals surface area contributed by atoms with Crippen molar-refractivity contribution in [2.24, 2.45) is 5.92 Å². The minimum Gasteiger partial charge on any atom is -0.466 e. The molecule has 2 amide bonds. The normalized spacial score (nSPS) is 17.8. The molecule has 1 atom stereocenters. The summed E-state index contributed by atoms with van der Waals surface area (Å²) in [5, 5.41) is 5.26. The molecule has 22 heavy (non-hydrogen) atoms. The molecule has 0 saturated heterocycles. The van der Waals surface area contributed by atoms with Gasteiger partial charge in [-0.15, -0.1) is 0 Å². The molecular weight excluding hydrogens is 352 g/mol. The van der Waals surface area contributed by atoms with Gasteiger partial charge in [-0.25, -0.2) is 4.79 Å². The van der Waals surface area contributed by atoms with Crippen molar-refractivity contribution >= 4 is 39.4 Å². The van der Waals surface area contributed by atoms with E-state index in [1.807, 2.05) is 0 Å². The highest BCUT2D eigenvalue weighted by atomic mass is 79.9. The Bertz CT molecular complexity index is 652. The Morgan fingerprint density at radius 1 is 1.32 bits per heavy atom. The maximum Gasteiger partial charge on any atom is 0.336 e. The highest BCUT2D eigenvalue weighted by molar-refractivity contribution is 9.10. The molecule has 0 saturated carbocycles. The van der Waals surface area contributed by atoms with Crippen LogP contribution in [0.2, 0.25) is 0 Å². The van der Waals surface area contributed by atoms with E-state index in [1.54, 1.807) is 31.2 Å². The third-order valence-corrected chi connectivity index (χ3v) is 3.83. The van der Waals surface area contributed by atoms with E-state index in [4.69, 9.17) is 4.74 Å². The lowest BCUT2D eigenvalue weighted by atomic mass is 9.89. The van der Waals surface area contributed by atoms with Gasteiger partial charge in [0.15, 0.2) is 0 Å². The number of anilines is 1. The molecule has 0 bridgehead atoms. The highest BCUT2D eigenvalue weighted by Crippen LogP contribution is 2.26. The fourth-order valence-corrected chi connectivity index (χ4v) is 2.53. The zero-order valence-electron chi connectivity index (χ0n) is 12.1. The predicted molar refractivity (Wildman–Crippen MR) is 83.7 cm³/mol. The summed E-state index contributed by atoms with van der Waals surface area (Å²) in [5.74, 6) is -2.21. The van der Waals surface area contributed by atoms with Gasteiger partial charge in [-0.05, 0) is 31.2 Å². The van der Waals surface area contributed by atoms with Crippen molar-refractivity contribution in [2.75, 3.05) is 12.4 Å². The van der Waals surface area contributed by atoms with Crippen LogP contribution in [0.15, 0.2) is 40.0 Å². The Morgan fingerprint density at radius 3 is 2.55 bits per heavy atom. The minimum atomic E-state index is -0.871. The minimum absolute atomic E-state index is 0.0931. The molecule has 0 fully saturated rings. The zero-order valence-corrected chi connectivity index (χ0v) is 13.7. The van der Waals surface area contributed by atoms with Crippen molar-refractivity contribution < 1.29 is 19.1 Å². The number of methoxy groups -OCH3 is 1. The van der Waals surface area contributed by atoms with Gasteiger partial charge < -0.3 is 15.4 Å². The van der Waals surface area contributed by atoms with Crippen molar-refractivity contribution in [1.82, 2.24) is 5.32 Å². The van der Waals surface area contributed by atoms with Crippen LogP contribution in [-0.4, -0.2) is 24.9 Å². The van der Waals surface area contributed by atoms with E-state index < -0.39 is 17.8 Å². The molecule has 1 heterocycles. The molecular formula is C15H15BrN2O4. The van der Waals surface area contributed by atoms with Crippen LogP contribution >= 0.6 is 15.9 Å². The number of esters is 1. The summed E-state index contributed by atoms with van der Waals surface area (Å²) < 4.78 is 5.59. The molecule has 1 aromatic rings. The largest absolute Gasteiger partial charge is 0.466 e. The van der Waals surface area contributed by atoms with Gasteiger partial charge in [0.25, 0.3) is 0 Å². The summed E-state index contributed by atoms with van der Waals surface area (Å²) >= 11 is 3.31. The number of carbonyl (C=O) groups is 3. The average Bonchev–Trinajstić information content (AvgIpc) is 2.48. The number of ether oxygens (including phenoxy) is 1. The molecule has 7 heteroatoms. The van der Waals surface area contributed by atoms with E-state index in [-0.39, 0.29) is 17.9 Å². The number of nitrogens with one attached hydrogen (secondary N) is 2. The van der Waals surface area contributed by atoms with Crippen molar-refractivity contribution in [1.29, 1.82) is 0 Å². The maximum atomic E-state index is 12.4. The maximum absolute atomic E-state index is 12.4. The second-order valence-electron chi connectivity index (χ2n) is 4.83. The van der Waals surface area contributed by atoms with Crippen LogP contribution in [0.4, 0.5) is 5.69 Å². The van der Waals surface area contributed by atoms with Gasteiger partial charge >= 0.3 is 5.97 Å². The molecule has 116 valence electrons. The van der Waals surface area contributed by atoms with Gasteiger partial charge in [0.2, 0.25) is 11.8 Å². The SMILES string of the molecule is COC(=O)C1=C(C)NC(=O)CC1C(=O)Nc1ccc(Br)cc1. The molecule has 1 aromatic carbocycles. The summed E-state index contributed by atoms with van der Waals surface area (Å²) in [6.07, 6.45) is -0.0931. The molecule has 0 aliphatic carbocycles. The Morgan fingerprint density at radius 2 is 1.95 bits per heavy atom. The Labute approximate surface area is 136 Å². The summed E-state index contributed by atoms with van der Waals surface area (Å²) in [6.45, 7) is 1.57. The van der Waals surface area contributed by atoms with Gasteiger partial charge in [-0.2, -0.15) is 0 Å². The number of rotatable bonds is 3. The zero-order chi connectivity index (χ0) is 16.3. The second-order valence-corrected chi connectivity index (χ2v) is 5.75. The summed E-state index contributed by atoms with van der Waals surface area (Å²) in [4.78, 5) is 36.0. The van der Waals surface area contributed by atoms with Crippen LogP contribution in [0, 0.1) is 5.92 Å². The van der Waals surface area contributed by atoms with Crippen LogP contribution in [0.25, 0.3) is 0 Å². The van der Waals surface area contributed by atoms with E-state index in [0.29, 0.717) is 11.4 Å². The van der Waals surface area contributed by atoms with E-state index in [1.165, 1.54) is 7.11 Å². The monoisotopic (exact) mass is 366 g/mol. The summed E-state index contributed by atoms with van der Waals surface area (Å²) in [6, 6.07) is 7.01. The van der Waals surface area contributed by atoms with Crippen LogP contribution in [0.5, 0.6) is 0 Å². The topological polar surface area (TPSA) is 84.5 Å². The lowest BCUT2D eigenvalue weighted by molar-refractivity contribution is -0.139. The first-order valence-electron chi connectivity index (χ1n) is 6.57. The highest BCUT2D eigenvalue weighted by Gasteiger charge is 2.36. The van der Waals surface area contributed by atoms with Gasteiger partial charge in [-0.3, -0.25) is 9.59 Å². The molecule has 2 N–H and O–H groups in total. The molecule has 0 spiro atoms. The predicted octanol–water partition coefficient (Wildman–Crippen LogP) is 1.97. The first-order chi connectivity index (χ1) is 10.4. The smallest absolute Gasteiger partial charge is 0.336 e. The lowest BCUT2D eigenvalue weighted by Gasteiger charge is -2.25. The van der Waals surface area contributed by atoms with Crippen molar-refractivity contribution in [3.63, 3.8) is 0 Å². The number of allylic oxidation sites excluding steroid dienone is 1. The van der Waals surface area contributed by atoms with Crippen LogP contribution in [-0.2, 0) is 19.1 Å². The van der Waals surface area contributed by atoms with Crippen molar-refractivity contribution in [3.05, 3.63) is 40.0 Å². The van der Waals surface area contributed by atoms with Gasteiger partial charge in [0.1, 0.15) is 0 Å². The number of carbonyl (C=O) groups excluding carboxylic acids is 3. The first-order valence-corrected chi connectivity index (χ1v) is 7.37. The Kier molecular flexibility index (Phi) is 4.97. The van der Waals surface area contributed by atoms with Crippen molar-refractivity contribution in [2.45, 2.75) is 13.3 Å². The number of hydrogen-bond donors (Lipinski definition) is 2. The second kappa shape index (κ2) is 6.74. The molecule has 6 nitrogen and oxygen atoms in total. The third-order valence-electron chi connectivity index (χ3n) is 3.30. The van der Waals surface area contributed by atoms with Crippen LogP contribution in [0.1, 0.15) is 13.3 Å². The number of amides is 2. The van der Waals surface area contributed by atoms with Gasteiger partial charge in [0.05, 0.1) is 18.6 Å². The number of hydrogen-bond acceptors (Lipinski definition) is 4. The Hall–Kier alpha value is -2.15. The van der Waals surface area contributed by atoms with Crippen LogP contribution < -0.4 is 10.6 Å². The molecule has 0 radical (unpaired) electrons. The Balaban J connectivity index is 2.25. The standard InChI is InChI=1S/C15H15BrN2O4/c1-8-13(15(21)22-2)11(7-12(19)17-8)14(20)18-10-5-3-9(16)4-6-10/h3-6,11H,7H2,1-2H3,(H,17,19)(H,18,20). The summed E-state index contributed by atoms with van der Waals surface area (Å²) in [5.41, 5.74) is 1.11. The molecule has 1 aliphatic heterocycles. The van der Waals surface area contributed by atoms with E-state index >= 15 is 0 Å². The number of benzene rings is 1. The fourth-order valence-electron chi connectivity index (χ4n) is 2.27. The average molecular weight is 367 g/mol. The van der Waals surface area contributed by atoms with Crippen molar-refractivity contribution in [3.8, 4) is 0 Å². The molecule has 1 unspecified atom stereocenters. The van der Waals surface area contributed by atoms with Gasteiger partial charge in [-0.1, -0.05) is 15.9 Å². The van der Waals surface area contributed by atoms with Gasteiger partial charge in [0, 0.05) is 22.3 Å². The first kappa shape index (κ1) is 16.2. The molecule has 2 rings (SSSR count). The molecule has 1 aliphatic rings. The lowest BCUT2D eigenvalue weighted by Crippen LogP contribution is -2.40. The van der Waals surface area contributed by atoms with E-state index in [2.05, 4.69) is 26.6 Å². The summed E-state index contributed by atoms with van der Waals surface area (Å²) in [7, 11) is 1.24. The van der Waals surface area contributed by atoms with E-state index in [9.17, 15) is 14.4 Å². The fraction of sp³-hybridized carbons (Fsp3) is 0.267. The quantitative estimate of drug-likeness (QED) is 0.801. The molecule has 0 aromatic heterocycles. The third kappa shape index (κ3) is 3.54. The van der Waals surface area contributed by atoms with Crippen LogP contribution in [0.3, 0.4) is 0 Å².